The highest BCUT2D eigenvalue weighted by Crippen LogP contribution is 2.28. The minimum atomic E-state index is 0.0323. The molecule has 0 spiro atoms. The van der Waals surface area contributed by atoms with Crippen molar-refractivity contribution in [2.75, 3.05) is 37.2 Å². The quantitative estimate of drug-likeness (QED) is 0.689. The molecule has 0 saturated heterocycles. The van der Waals surface area contributed by atoms with Crippen LogP contribution in [0, 0.1) is 5.21 Å². The van der Waals surface area contributed by atoms with Gasteiger partial charge in [-0.3, -0.25) is 0 Å². The molecule has 0 bridgehead atoms. The second-order valence-corrected chi connectivity index (χ2v) is 4.54. The summed E-state index contributed by atoms with van der Waals surface area (Å²) in [6, 6.07) is 7.67. The first kappa shape index (κ1) is 14.8. The number of nitrogen functional groups attached to an aromatic ring is 1. The largest absolute Gasteiger partial charge is 0.630 e. The second-order valence-electron chi connectivity index (χ2n) is 4.54. The zero-order valence-electron chi connectivity index (χ0n) is 12.1. The molecule has 8 heteroatoms. The van der Waals surface area contributed by atoms with Gasteiger partial charge in [0.2, 0.25) is 17.5 Å². The third kappa shape index (κ3) is 3.30. The van der Waals surface area contributed by atoms with E-state index in [0.717, 1.165) is 11.4 Å². The molecule has 0 amide bonds. The van der Waals surface area contributed by atoms with Crippen molar-refractivity contribution in [2.24, 2.45) is 0 Å². The Bertz CT molecular complexity index is 615. The van der Waals surface area contributed by atoms with Gasteiger partial charge >= 0.3 is 0 Å². The highest BCUT2D eigenvalue weighted by Gasteiger charge is 2.16. The molecule has 112 valence electrons. The Labute approximate surface area is 122 Å². The summed E-state index contributed by atoms with van der Waals surface area (Å²) in [5, 5.41) is 14.2. The fourth-order valence-corrected chi connectivity index (χ4v) is 1.80. The first-order valence-electron chi connectivity index (χ1n) is 6.26. The summed E-state index contributed by atoms with van der Waals surface area (Å²) in [6.45, 7) is 0. The van der Waals surface area contributed by atoms with Crippen LogP contribution in [-0.2, 0) is 0 Å². The molecule has 1 aromatic carbocycles. The van der Waals surface area contributed by atoms with Crippen molar-refractivity contribution >= 4 is 28.8 Å². The van der Waals surface area contributed by atoms with Crippen LogP contribution in [0.25, 0.3) is 0 Å². The first-order valence-corrected chi connectivity index (χ1v) is 6.26. The topological polar surface area (TPSA) is 116 Å². The molecule has 0 saturated carbocycles. The number of anilines is 4. The maximum atomic E-state index is 11.2. The second kappa shape index (κ2) is 6.25. The van der Waals surface area contributed by atoms with Gasteiger partial charge in [0, 0.05) is 25.5 Å². The number of aromatic nitrogens is 2. The van der Waals surface area contributed by atoms with E-state index in [0.29, 0.717) is 11.3 Å². The maximum absolute atomic E-state index is 11.2. The molecule has 0 aliphatic heterocycles. The molecule has 8 nitrogen and oxygen atoms in total. The van der Waals surface area contributed by atoms with Gasteiger partial charge in [0.25, 0.3) is 5.88 Å². The van der Waals surface area contributed by atoms with E-state index in [9.17, 15) is 5.21 Å². The van der Waals surface area contributed by atoms with Crippen LogP contribution in [0.5, 0.6) is 5.88 Å². The number of rotatable bonds is 5. The standard InChI is InChI=1S/C13H18N6O2/c1-19(2)9-6-4-8(5-7-9)15-11-10(18-20)12(21-3)17-13(14)16-11/h4-7H,18H2,1-3H3,(H3,14,15,16,17). The lowest BCUT2D eigenvalue weighted by Gasteiger charge is -2.15. The molecular formula is C13H18N6O2. The minimum Gasteiger partial charge on any atom is -0.630 e. The Morgan fingerprint density at radius 2 is 1.90 bits per heavy atom. The number of hydrogen-bond donors (Lipinski definition) is 3. The van der Waals surface area contributed by atoms with E-state index in [-0.39, 0.29) is 17.5 Å². The zero-order chi connectivity index (χ0) is 15.4. The van der Waals surface area contributed by atoms with Crippen molar-refractivity contribution in [3.05, 3.63) is 29.5 Å². The molecule has 2 rings (SSSR count). The van der Waals surface area contributed by atoms with E-state index in [1.165, 1.54) is 7.11 Å². The van der Waals surface area contributed by atoms with Gasteiger partial charge in [0.05, 0.1) is 7.11 Å². The number of quaternary nitrogens is 1. The van der Waals surface area contributed by atoms with Crippen LogP contribution in [0.4, 0.5) is 28.8 Å². The predicted molar refractivity (Wildman–Crippen MR) is 82.0 cm³/mol. The summed E-state index contributed by atoms with van der Waals surface area (Å²) in [4.78, 5) is 9.90. The third-order valence-corrected chi connectivity index (χ3v) is 2.89. The van der Waals surface area contributed by atoms with Crippen molar-refractivity contribution in [1.29, 1.82) is 0 Å². The summed E-state index contributed by atoms with van der Waals surface area (Å²) in [5.74, 6) is 0.488. The molecule has 0 fully saturated rings. The van der Waals surface area contributed by atoms with Crippen LogP contribution in [0.1, 0.15) is 0 Å². The van der Waals surface area contributed by atoms with E-state index in [4.69, 9.17) is 10.5 Å². The average molecular weight is 290 g/mol. The molecule has 0 aliphatic rings. The first-order chi connectivity index (χ1) is 10.0. The smallest absolute Gasteiger partial charge is 0.284 e. The number of ether oxygens (including phenoxy) is 1. The maximum Gasteiger partial charge on any atom is 0.284 e. The van der Waals surface area contributed by atoms with Crippen molar-refractivity contribution < 1.29 is 10.2 Å². The van der Waals surface area contributed by atoms with E-state index in [1.54, 1.807) is 0 Å². The van der Waals surface area contributed by atoms with Gasteiger partial charge in [-0.2, -0.15) is 9.97 Å². The molecule has 21 heavy (non-hydrogen) atoms. The Balaban J connectivity index is 2.32. The number of hydrogen-bond acceptors (Lipinski definition) is 7. The predicted octanol–water partition coefficient (Wildman–Crippen LogP) is 0.570. The minimum absolute atomic E-state index is 0.0323. The molecule has 0 radical (unpaired) electrons. The van der Waals surface area contributed by atoms with Gasteiger partial charge in [-0.15, -0.1) is 0 Å². The van der Waals surface area contributed by atoms with E-state index in [1.807, 2.05) is 43.3 Å². The zero-order valence-corrected chi connectivity index (χ0v) is 12.1. The van der Waals surface area contributed by atoms with Crippen LogP contribution >= 0.6 is 0 Å². The molecule has 1 aromatic heterocycles. The lowest BCUT2D eigenvalue weighted by molar-refractivity contribution is -0.497. The molecule has 0 atom stereocenters. The highest BCUT2D eigenvalue weighted by atomic mass is 16.5. The fraction of sp³-hybridized carbons (Fsp3) is 0.231. The SMILES string of the molecule is COc1nc(N)nc(Nc2ccc(N(C)C)cc2)c1[NH2+][O-]. The van der Waals surface area contributed by atoms with Crippen molar-refractivity contribution in [1.82, 2.24) is 9.97 Å². The van der Waals surface area contributed by atoms with Crippen LogP contribution in [0.15, 0.2) is 24.3 Å². The van der Waals surface area contributed by atoms with Crippen LogP contribution in [0.2, 0.25) is 0 Å². The summed E-state index contributed by atoms with van der Waals surface area (Å²) in [6.07, 6.45) is 0. The molecule has 5 N–H and O–H groups in total. The van der Waals surface area contributed by atoms with Crippen molar-refractivity contribution in [3.63, 3.8) is 0 Å². The molecule has 1 heterocycles. The van der Waals surface area contributed by atoms with Crippen molar-refractivity contribution in [3.8, 4) is 5.88 Å². The van der Waals surface area contributed by atoms with E-state index in [2.05, 4.69) is 15.3 Å². The Kier molecular flexibility index (Phi) is 4.41. The van der Waals surface area contributed by atoms with Gasteiger partial charge in [0.1, 0.15) is 0 Å². The summed E-state index contributed by atoms with van der Waals surface area (Å²) in [5.41, 5.74) is 8.32. The highest BCUT2D eigenvalue weighted by molar-refractivity contribution is 5.70. The van der Waals surface area contributed by atoms with Gasteiger partial charge in [-0.25, -0.2) is 0 Å². The fourth-order valence-electron chi connectivity index (χ4n) is 1.80. The Morgan fingerprint density at radius 3 is 2.43 bits per heavy atom. The van der Waals surface area contributed by atoms with Gasteiger partial charge < -0.3 is 31.4 Å². The van der Waals surface area contributed by atoms with E-state index < -0.39 is 0 Å². The van der Waals surface area contributed by atoms with Crippen LogP contribution in [0.3, 0.4) is 0 Å². The number of nitrogens with one attached hydrogen (secondary N) is 1. The van der Waals surface area contributed by atoms with Crippen LogP contribution < -0.4 is 26.2 Å². The number of nitrogens with two attached hydrogens (primary N) is 2. The summed E-state index contributed by atoms with van der Waals surface area (Å²) >= 11 is 0. The van der Waals surface area contributed by atoms with Gasteiger partial charge in [0.15, 0.2) is 0 Å². The Morgan fingerprint density at radius 1 is 1.24 bits per heavy atom. The third-order valence-electron chi connectivity index (χ3n) is 2.89. The summed E-state index contributed by atoms with van der Waals surface area (Å²) < 4.78 is 5.04. The number of methoxy groups -OCH3 is 1. The van der Waals surface area contributed by atoms with E-state index >= 15 is 0 Å². The lowest BCUT2D eigenvalue weighted by atomic mass is 10.2. The van der Waals surface area contributed by atoms with Gasteiger partial charge in [-0.1, -0.05) is 0 Å². The molecular weight excluding hydrogens is 272 g/mol. The molecule has 2 aromatic rings. The summed E-state index contributed by atoms with van der Waals surface area (Å²) in [7, 11) is 5.34. The average Bonchev–Trinajstić information content (AvgIpc) is 2.47. The van der Waals surface area contributed by atoms with Crippen molar-refractivity contribution in [2.45, 2.75) is 0 Å². The number of benzene rings is 1. The molecule has 0 aliphatic carbocycles. The number of nitrogens with zero attached hydrogens (tertiary/aromatic N) is 3. The van der Waals surface area contributed by atoms with Crippen LogP contribution in [-0.4, -0.2) is 31.2 Å². The monoisotopic (exact) mass is 290 g/mol. The van der Waals surface area contributed by atoms with Gasteiger partial charge in [-0.05, 0) is 24.3 Å². The normalized spacial score (nSPS) is 10.3. The molecule has 0 unspecified atom stereocenters. The lowest BCUT2D eigenvalue weighted by Crippen LogP contribution is -2.70. The Hall–Kier alpha value is -2.58.